The number of rotatable bonds is 13. The molecule has 1 aromatic rings. The van der Waals surface area contributed by atoms with Crippen LogP contribution in [-0.4, -0.2) is 47.6 Å². The Labute approximate surface area is 235 Å². The Hall–Kier alpha value is -0.940. The summed E-state index contributed by atoms with van der Waals surface area (Å²) >= 11 is 0. The molecule has 2 heterocycles. The van der Waals surface area contributed by atoms with Crippen LogP contribution >= 0.6 is 0 Å². The molecule has 0 unspecified atom stereocenters. The molecule has 0 aromatic heterocycles. The molecule has 0 aliphatic carbocycles. The van der Waals surface area contributed by atoms with Crippen molar-refractivity contribution < 1.29 is 9.47 Å². The van der Waals surface area contributed by atoms with Crippen molar-refractivity contribution in [2.75, 3.05) is 13.2 Å². The maximum atomic E-state index is 6.34. The molecular formula is C34H60N2O2. The maximum Gasteiger partial charge on any atom is 0.0609 e. The van der Waals surface area contributed by atoms with Crippen LogP contribution in [0, 0.1) is 0 Å². The van der Waals surface area contributed by atoms with Crippen molar-refractivity contribution in [3.05, 3.63) is 34.9 Å². The molecule has 0 saturated carbocycles. The lowest BCUT2D eigenvalue weighted by Gasteiger charge is -2.46. The van der Waals surface area contributed by atoms with Crippen LogP contribution in [0.4, 0.5) is 0 Å². The molecule has 0 spiro atoms. The normalized spacial score (nSPS) is 23.0. The van der Waals surface area contributed by atoms with E-state index in [4.69, 9.17) is 9.47 Å². The fraction of sp³-hybridized carbons (Fsp3) is 0.824. The third-order valence-electron chi connectivity index (χ3n) is 8.36. The third kappa shape index (κ3) is 10.6. The average molecular weight is 529 g/mol. The molecule has 0 bridgehead atoms. The fourth-order valence-corrected chi connectivity index (χ4v) is 7.45. The van der Waals surface area contributed by atoms with E-state index in [-0.39, 0.29) is 22.2 Å². The standard InChI is InChI=1S/C34H60N2O2/c1-10-27-21-26(15-11-13-19-37-29-22-31(2,3)35-32(4,5)23-29)17-18-28(27)16-12-14-20-38-30-24-33(6,7)36-34(8,9)25-30/h17-18,21,29-30,35-36H,10-16,19-20,22-25H2,1-9H3. The fourth-order valence-electron chi connectivity index (χ4n) is 7.45. The number of unbranched alkanes of at least 4 members (excludes halogenated alkanes) is 2. The van der Waals surface area contributed by atoms with Crippen LogP contribution < -0.4 is 10.6 Å². The van der Waals surface area contributed by atoms with Crippen LogP contribution in [0.5, 0.6) is 0 Å². The van der Waals surface area contributed by atoms with Gasteiger partial charge in [-0.05, 0) is 143 Å². The number of ether oxygens (including phenoxy) is 2. The lowest BCUT2D eigenvalue weighted by atomic mass is 9.81. The predicted molar refractivity (Wildman–Crippen MR) is 162 cm³/mol. The maximum absolute atomic E-state index is 6.34. The van der Waals surface area contributed by atoms with E-state index < -0.39 is 0 Å². The Balaban J connectivity index is 1.34. The molecule has 4 nitrogen and oxygen atoms in total. The second kappa shape index (κ2) is 13.1. The zero-order valence-corrected chi connectivity index (χ0v) is 26.4. The van der Waals surface area contributed by atoms with Crippen molar-refractivity contribution in [2.24, 2.45) is 0 Å². The summed E-state index contributed by atoms with van der Waals surface area (Å²) in [6.45, 7) is 22.4. The summed E-state index contributed by atoms with van der Waals surface area (Å²) in [7, 11) is 0. The van der Waals surface area contributed by atoms with Gasteiger partial charge in [-0.3, -0.25) is 0 Å². The van der Waals surface area contributed by atoms with E-state index in [1.165, 1.54) is 29.5 Å². The van der Waals surface area contributed by atoms with Gasteiger partial charge >= 0.3 is 0 Å². The van der Waals surface area contributed by atoms with E-state index in [2.05, 4.69) is 91.1 Å². The second-order valence-corrected chi connectivity index (χ2v) is 15.0. The molecule has 1 aromatic carbocycles. The lowest BCUT2D eigenvalue weighted by molar-refractivity contribution is -0.0232. The van der Waals surface area contributed by atoms with Crippen LogP contribution in [0.25, 0.3) is 0 Å². The Bertz CT molecular complexity index is 841. The van der Waals surface area contributed by atoms with Gasteiger partial charge in [0.15, 0.2) is 0 Å². The summed E-state index contributed by atoms with van der Waals surface area (Å²) in [4.78, 5) is 0. The number of piperidine rings is 2. The molecule has 218 valence electrons. The smallest absolute Gasteiger partial charge is 0.0609 e. The van der Waals surface area contributed by atoms with Gasteiger partial charge in [0.1, 0.15) is 0 Å². The first-order chi connectivity index (χ1) is 17.7. The molecule has 2 N–H and O–H groups in total. The first-order valence-corrected chi connectivity index (χ1v) is 15.6. The molecule has 3 rings (SSSR count). The average Bonchev–Trinajstić information content (AvgIpc) is 2.75. The molecule has 38 heavy (non-hydrogen) atoms. The van der Waals surface area contributed by atoms with E-state index in [1.807, 2.05) is 0 Å². The minimum Gasteiger partial charge on any atom is -0.378 e. The second-order valence-electron chi connectivity index (χ2n) is 15.0. The highest BCUT2D eigenvalue weighted by molar-refractivity contribution is 5.32. The van der Waals surface area contributed by atoms with Crippen LogP contribution in [0.15, 0.2) is 18.2 Å². The molecular weight excluding hydrogens is 468 g/mol. The zero-order valence-electron chi connectivity index (χ0n) is 26.4. The summed E-state index contributed by atoms with van der Waals surface area (Å²) in [6, 6.07) is 7.22. The van der Waals surface area contributed by atoms with Crippen molar-refractivity contribution in [3.8, 4) is 0 Å². The summed E-state index contributed by atoms with van der Waals surface area (Å²) in [5.74, 6) is 0. The molecule has 2 aliphatic heterocycles. The highest BCUT2D eigenvalue weighted by atomic mass is 16.5. The molecule has 2 fully saturated rings. The molecule has 2 saturated heterocycles. The van der Waals surface area contributed by atoms with Gasteiger partial charge in [-0.2, -0.15) is 0 Å². The molecule has 0 atom stereocenters. The van der Waals surface area contributed by atoms with Gasteiger partial charge in [-0.25, -0.2) is 0 Å². The largest absolute Gasteiger partial charge is 0.378 e. The highest BCUT2D eigenvalue weighted by Gasteiger charge is 2.39. The predicted octanol–water partition coefficient (Wildman–Crippen LogP) is 7.55. The summed E-state index contributed by atoms with van der Waals surface area (Å²) in [5.41, 5.74) is 5.14. The minimum atomic E-state index is 0.152. The first-order valence-electron chi connectivity index (χ1n) is 15.6. The Morgan fingerprint density at radius 2 is 1.08 bits per heavy atom. The Morgan fingerprint density at radius 3 is 1.53 bits per heavy atom. The minimum absolute atomic E-state index is 0.152. The van der Waals surface area contributed by atoms with E-state index >= 15 is 0 Å². The van der Waals surface area contributed by atoms with Gasteiger partial charge in [0.05, 0.1) is 12.2 Å². The van der Waals surface area contributed by atoms with E-state index in [1.54, 1.807) is 0 Å². The molecule has 0 amide bonds. The highest BCUT2D eigenvalue weighted by Crippen LogP contribution is 2.31. The number of hydrogen-bond acceptors (Lipinski definition) is 4. The summed E-state index contributed by atoms with van der Waals surface area (Å²) in [6.07, 6.45) is 13.2. The van der Waals surface area contributed by atoms with Crippen LogP contribution in [-0.2, 0) is 28.7 Å². The monoisotopic (exact) mass is 528 g/mol. The number of nitrogens with one attached hydrogen (secondary N) is 2. The van der Waals surface area contributed by atoms with Crippen molar-refractivity contribution in [3.63, 3.8) is 0 Å². The SMILES string of the molecule is CCc1cc(CCCCOC2CC(C)(C)NC(C)(C)C2)ccc1CCCCOC1CC(C)(C)NC(C)(C)C1. The van der Waals surface area contributed by atoms with Crippen LogP contribution in [0.2, 0.25) is 0 Å². The van der Waals surface area contributed by atoms with Gasteiger partial charge in [-0.1, -0.05) is 25.1 Å². The third-order valence-corrected chi connectivity index (χ3v) is 8.36. The van der Waals surface area contributed by atoms with E-state index in [0.717, 1.165) is 71.0 Å². The van der Waals surface area contributed by atoms with Gasteiger partial charge in [0.25, 0.3) is 0 Å². The van der Waals surface area contributed by atoms with Crippen LogP contribution in [0.1, 0.15) is 130 Å². The van der Waals surface area contributed by atoms with Crippen molar-refractivity contribution >= 4 is 0 Å². The van der Waals surface area contributed by atoms with Gasteiger partial charge in [0, 0.05) is 35.4 Å². The molecule has 4 heteroatoms. The Kier molecular flexibility index (Phi) is 10.9. The van der Waals surface area contributed by atoms with Gasteiger partial charge < -0.3 is 20.1 Å². The number of benzene rings is 1. The van der Waals surface area contributed by atoms with Gasteiger partial charge in [0.2, 0.25) is 0 Å². The van der Waals surface area contributed by atoms with Crippen molar-refractivity contribution in [1.29, 1.82) is 0 Å². The van der Waals surface area contributed by atoms with Gasteiger partial charge in [-0.15, -0.1) is 0 Å². The Morgan fingerprint density at radius 1 is 0.632 bits per heavy atom. The quantitative estimate of drug-likeness (QED) is 0.259. The summed E-state index contributed by atoms with van der Waals surface area (Å²) < 4.78 is 12.7. The number of hydrogen-bond donors (Lipinski definition) is 2. The first kappa shape index (κ1) is 31.6. The molecule has 0 radical (unpaired) electrons. The molecule has 2 aliphatic rings. The summed E-state index contributed by atoms with van der Waals surface area (Å²) in [5, 5.41) is 7.50. The topological polar surface area (TPSA) is 42.5 Å². The van der Waals surface area contributed by atoms with E-state index in [0.29, 0.717) is 12.2 Å². The zero-order chi connectivity index (χ0) is 28.0. The van der Waals surface area contributed by atoms with Crippen LogP contribution in [0.3, 0.4) is 0 Å². The van der Waals surface area contributed by atoms with E-state index in [9.17, 15) is 0 Å². The lowest BCUT2D eigenvalue weighted by Crippen LogP contribution is -2.59. The number of aryl methyl sites for hydroxylation is 3. The van der Waals surface area contributed by atoms with Crippen molar-refractivity contribution in [2.45, 2.75) is 167 Å². The van der Waals surface area contributed by atoms with Crippen molar-refractivity contribution in [1.82, 2.24) is 10.6 Å².